The third-order valence-electron chi connectivity index (χ3n) is 5.94. The van der Waals surface area contributed by atoms with Gasteiger partial charge >= 0.3 is 6.18 Å². The second-order valence-corrected chi connectivity index (χ2v) is 8.90. The second-order valence-electron chi connectivity index (χ2n) is 7.92. The number of halogens is 3. The maximum atomic E-state index is 13.8. The summed E-state index contributed by atoms with van der Waals surface area (Å²) in [7, 11) is 0. The molecule has 0 spiro atoms. The Kier molecular flexibility index (Phi) is 5.39. The number of hydrogen-bond donors (Lipinski definition) is 1. The predicted octanol–water partition coefficient (Wildman–Crippen LogP) is 3.80. The monoisotopic (exact) mass is 479 g/mol. The number of aromatic nitrogens is 2. The number of furan rings is 1. The molecular weight excluding hydrogens is 459 g/mol. The highest BCUT2D eigenvalue weighted by Crippen LogP contribution is 2.45. The number of thiophene rings is 1. The summed E-state index contributed by atoms with van der Waals surface area (Å²) in [6.45, 7) is 1.11. The van der Waals surface area contributed by atoms with Crippen molar-refractivity contribution in [3.05, 3.63) is 58.3 Å². The van der Waals surface area contributed by atoms with Crippen LogP contribution in [0, 0.1) is 0 Å². The van der Waals surface area contributed by atoms with Gasteiger partial charge in [0, 0.05) is 37.5 Å². The molecule has 174 valence electrons. The van der Waals surface area contributed by atoms with Crippen LogP contribution in [-0.4, -0.2) is 63.7 Å². The normalized spacial score (nSPS) is 20.9. The molecule has 3 aromatic rings. The molecule has 3 aromatic heterocycles. The van der Waals surface area contributed by atoms with Gasteiger partial charge in [0.05, 0.1) is 18.5 Å². The van der Waals surface area contributed by atoms with Crippen LogP contribution < -0.4 is 5.32 Å². The van der Waals surface area contributed by atoms with Gasteiger partial charge in [-0.25, -0.2) is 4.68 Å². The van der Waals surface area contributed by atoms with Gasteiger partial charge in [0.1, 0.15) is 11.4 Å². The fourth-order valence-electron chi connectivity index (χ4n) is 4.23. The smallest absolute Gasteiger partial charge is 0.410 e. The van der Waals surface area contributed by atoms with Crippen molar-refractivity contribution in [1.29, 1.82) is 0 Å². The first kappa shape index (κ1) is 21.6. The van der Waals surface area contributed by atoms with Gasteiger partial charge in [-0.05, 0) is 23.6 Å². The molecule has 0 bridgehead atoms. The fraction of sp³-hybridized carbons (Fsp3) is 0.381. The molecule has 1 fully saturated rings. The Bertz CT molecular complexity index is 1130. The summed E-state index contributed by atoms with van der Waals surface area (Å²) in [4.78, 5) is 29.5. The standard InChI is InChI=1S/C21H20F3N5O3S/c22-21(23,24)17-11-14(16-4-2-10-33-16)26-18-13(12-25-29(17)18)19(30)27-5-7-28(8-6-27)20(31)15-3-1-9-32-15/h1-4,9-10,12,14,17,26H,5-8,11H2. The maximum absolute atomic E-state index is 13.8. The molecule has 2 atom stereocenters. The van der Waals surface area contributed by atoms with E-state index in [4.69, 9.17) is 4.42 Å². The molecule has 0 aromatic carbocycles. The molecule has 0 aliphatic carbocycles. The van der Waals surface area contributed by atoms with Crippen molar-refractivity contribution in [3.8, 4) is 0 Å². The zero-order valence-electron chi connectivity index (χ0n) is 17.3. The molecule has 2 aliphatic heterocycles. The number of nitrogens with zero attached hydrogens (tertiary/aromatic N) is 4. The van der Waals surface area contributed by atoms with Gasteiger partial charge in [-0.15, -0.1) is 11.3 Å². The predicted molar refractivity (Wildman–Crippen MR) is 113 cm³/mol. The first-order valence-corrected chi connectivity index (χ1v) is 11.3. The molecule has 0 radical (unpaired) electrons. The molecule has 12 heteroatoms. The molecule has 1 saturated heterocycles. The molecular formula is C21H20F3N5O3S. The SMILES string of the molecule is O=C(c1ccco1)N1CCN(C(=O)c2cnn3c2NC(c2cccs2)CC3C(F)(F)F)CC1. The van der Waals surface area contributed by atoms with Crippen LogP contribution in [0.4, 0.5) is 19.0 Å². The number of anilines is 1. The van der Waals surface area contributed by atoms with Crippen LogP contribution in [-0.2, 0) is 0 Å². The van der Waals surface area contributed by atoms with Crippen LogP contribution in [0.5, 0.6) is 0 Å². The molecule has 2 unspecified atom stereocenters. The van der Waals surface area contributed by atoms with Crippen LogP contribution in [0.3, 0.4) is 0 Å². The Hall–Kier alpha value is -3.28. The molecule has 0 saturated carbocycles. The van der Waals surface area contributed by atoms with E-state index in [0.717, 1.165) is 9.56 Å². The largest absolute Gasteiger partial charge is 0.459 e. The topological polar surface area (TPSA) is 83.6 Å². The van der Waals surface area contributed by atoms with Crippen LogP contribution in [0.1, 0.15) is 44.3 Å². The summed E-state index contributed by atoms with van der Waals surface area (Å²) in [5, 5.41) is 8.84. The number of hydrogen-bond acceptors (Lipinski definition) is 6. The van der Waals surface area contributed by atoms with Crippen molar-refractivity contribution in [1.82, 2.24) is 19.6 Å². The molecule has 1 N–H and O–H groups in total. The summed E-state index contributed by atoms with van der Waals surface area (Å²) >= 11 is 1.36. The Morgan fingerprint density at radius 1 is 1.09 bits per heavy atom. The summed E-state index contributed by atoms with van der Waals surface area (Å²) in [5.74, 6) is -0.381. The first-order valence-electron chi connectivity index (χ1n) is 10.4. The average Bonchev–Trinajstić information content (AvgIpc) is 3.58. The van der Waals surface area contributed by atoms with E-state index in [1.165, 1.54) is 28.7 Å². The number of carbonyl (C=O) groups excluding carboxylic acids is 2. The van der Waals surface area contributed by atoms with Crippen molar-refractivity contribution in [2.75, 3.05) is 31.5 Å². The van der Waals surface area contributed by atoms with Crippen LogP contribution in [0.25, 0.3) is 0 Å². The summed E-state index contributed by atoms with van der Waals surface area (Å²) < 4.78 is 47.4. The number of carbonyl (C=O) groups is 2. The third-order valence-corrected chi connectivity index (χ3v) is 6.93. The van der Waals surface area contributed by atoms with Gasteiger partial charge in [0.15, 0.2) is 11.8 Å². The van der Waals surface area contributed by atoms with Gasteiger partial charge in [-0.1, -0.05) is 6.07 Å². The van der Waals surface area contributed by atoms with E-state index >= 15 is 0 Å². The molecule has 8 nitrogen and oxygen atoms in total. The fourth-order valence-corrected chi connectivity index (χ4v) is 5.02. The van der Waals surface area contributed by atoms with Gasteiger partial charge in [-0.2, -0.15) is 18.3 Å². The maximum Gasteiger partial charge on any atom is 0.410 e. The zero-order chi connectivity index (χ0) is 23.2. The number of piperazine rings is 1. The number of alkyl halides is 3. The highest BCUT2D eigenvalue weighted by atomic mass is 32.1. The van der Waals surface area contributed by atoms with Crippen molar-refractivity contribution >= 4 is 29.0 Å². The quantitative estimate of drug-likeness (QED) is 0.618. The molecule has 5 heterocycles. The van der Waals surface area contributed by atoms with Gasteiger partial charge in [0.2, 0.25) is 0 Å². The van der Waals surface area contributed by atoms with Crippen molar-refractivity contribution in [2.45, 2.75) is 24.7 Å². The van der Waals surface area contributed by atoms with Gasteiger partial charge in [-0.3, -0.25) is 9.59 Å². The Morgan fingerprint density at radius 2 is 1.82 bits per heavy atom. The Morgan fingerprint density at radius 3 is 2.42 bits per heavy atom. The lowest BCUT2D eigenvalue weighted by atomic mass is 10.0. The highest BCUT2D eigenvalue weighted by molar-refractivity contribution is 7.10. The van der Waals surface area contributed by atoms with E-state index < -0.39 is 24.2 Å². The third kappa shape index (κ3) is 3.99. The highest BCUT2D eigenvalue weighted by Gasteiger charge is 2.47. The zero-order valence-corrected chi connectivity index (χ0v) is 18.1. The Balaban J connectivity index is 1.35. The lowest BCUT2D eigenvalue weighted by molar-refractivity contribution is -0.173. The number of rotatable bonds is 3. The van der Waals surface area contributed by atoms with E-state index in [-0.39, 0.29) is 42.6 Å². The average molecular weight is 479 g/mol. The van der Waals surface area contributed by atoms with Gasteiger partial charge < -0.3 is 19.5 Å². The summed E-state index contributed by atoms with van der Waals surface area (Å²) in [6.07, 6.45) is -2.10. The van der Waals surface area contributed by atoms with E-state index in [0.29, 0.717) is 13.1 Å². The van der Waals surface area contributed by atoms with Crippen LogP contribution in [0.2, 0.25) is 0 Å². The second kappa shape index (κ2) is 8.25. The van der Waals surface area contributed by atoms with Crippen molar-refractivity contribution in [2.24, 2.45) is 0 Å². The molecule has 33 heavy (non-hydrogen) atoms. The molecule has 5 rings (SSSR count). The number of nitrogens with one attached hydrogen (secondary N) is 1. The molecule has 2 amide bonds. The minimum atomic E-state index is -4.50. The minimum Gasteiger partial charge on any atom is -0.459 e. The summed E-state index contributed by atoms with van der Waals surface area (Å²) in [5.41, 5.74) is 0.0938. The van der Waals surface area contributed by atoms with Crippen molar-refractivity contribution in [3.63, 3.8) is 0 Å². The van der Waals surface area contributed by atoms with E-state index in [1.54, 1.807) is 34.5 Å². The summed E-state index contributed by atoms with van der Waals surface area (Å²) in [6, 6.07) is 4.36. The lowest BCUT2D eigenvalue weighted by Crippen LogP contribution is -2.50. The minimum absolute atomic E-state index is 0.0704. The Labute approximate surface area is 190 Å². The van der Waals surface area contributed by atoms with Crippen molar-refractivity contribution < 1.29 is 27.2 Å². The van der Waals surface area contributed by atoms with Gasteiger partial charge in [0.25, 0.3) is 11.8 Å². The first-order chi connectivity index (χ1) is 15.8. The van der Waals surface area contributed by atoms with Crippen LogP contribution >= 0.6 is 11.3 Å². The number of amides is 2. The van der Waals surface area contributed by atoms with E-state index in [1.807, 2.05) is 0 Å². The van der Waals surface area contributed by atoms with Crippen LogP contribution in [0.15, 0.2) is 46.5 Å². The van der Waals surface area contributed by atoms with E-state index in [9.17, 15) is 22.8 Å². The molecule has 2 aliphatic rings. The number of fused-ring (bicyclic) bond motifs is 1. The van der Waals surface area contributed by atoms with E-state index in [2.05, 4.69) is 10.4 Å². The lowest BCUT2D eigenvalue weighted by Gasteiger charge is -2.35.